The summed E-state index contributed by atoms with van der Waals surface area (Å²) in [6.07, 6.45) is 0.585. The summed E-state index contributed by atoms with van der Waals surface area (Å²) in [5, 5.41) is 2.69. The summed E-state index contributed by atoms with van der Waals surface area (Å²) < 4.78 is 41.3. The van der Waals surface area contributed by atoms with Gasteiger partial charge in [-0.15, -0.1) is 0 Å². The van der Waals surface area contributed by atoms with E-state index in [0.717, 1.165) is 16.7 Å². The van der Waals surface area contributed by atoms with E-state index in [4.69, 9.17) is 0 Å². The Balaban J connectivity index is 1.56. The summed E-state index contributed by atoms with van der Waals surface area (Å²) in [5.41, 5.74) is 3.31. The second kappa shape index (κ2) is 8.01. The smallest absolute Gasteiger partial charge is 0.258 e. The number of nitrogens with zero attached hydrogens (tertiary/aromatic N) is 1. The summed E-state index contributed by atoms with van der Waals surface area (Å²) in [5.74, 6) is -1.14. The number of hydrogen-bond donors (Lipinski definition) is 1. The fourth-order valence-electron chi connectivity index (χ4n) is 3.52. The number of hydrogen-bond acceptors (Lipinski definition) is 3. The van der Waals surface area contributed by atoms with Gasteiger partial charge in [-0.05, 0) is 60.9 Å². The van der Waals surface area contributed by atoms with Crippen LogP contribution in [0.1, 0.15) is 27.0 Å². The number of sulfonamides is 1. The fraction of sp³-hybridized carbons (Fsp3) is 0.174. The Morgan fingerprint density at radius 1 is 1.00 bits per heavy atom. The number of carbonyl (C=O) groups is 1. The van der Waals surface area contributed by atoms with Gasteiger partial charge in [-0.1, -0.05) is 35.9 Å². The molecule has 154 valence electrons. The molecule has 0 fully saturated rings. The van der Waals surface area contributed by atoms with Crippen molar-refractivity contribution in [2.45, 2.75) is 24.8 Å². The number of carbonyl (C=O) groups excluding carboxylic acids is 1. The van der Waals surface area contributed by atoms with Gasteiger partial charge in [0, 0.05) is 18.8 Å². The van der Waals surface area contributed by atoms with E-state index in [0.29, 0.717) is 18.7 Å². The molecule has 1 heterocycles. The van der Waals surface area contributed by atoms with Crippen molar-refractivity contribution in [2.24, 2.45) is 0 Å². The topological polar surface area (TPSA) is 66.5 Å². The fourth-order valence-corrected chi connectivity index (χ4v) is 4.94. The van der Waals surface area contributed by atoms with E-state index in [-0.39, 0.29) is 17.0 Å². The summed E-state index contributed by atoms with van der Waals surface area (Å²) in [7, 11) is -3.61. The van der Waals surface area contributed by atoms with Gasteiger partial charge < -0.3 is 5.32 Å². The highest BCUT2D eigenvalue weighted by Crippen LogP contribution is 2.27. The van der Waals surface area contributed by atoms with Crippen molar-refractivity contribution >= 4 is 21.6 Å². The Kier molecular flexibility index (Phi) is 5.40. The summed E-state index contributed by atoms with van der Waals surface area (Å²) in [4.78, 5) is 12.6. The number of nitrogens with one attached hydrogen (secondary N) is 1. The number of amides is 1. The molecule has 1 N–H and O–H groups in total. The molecule has 3 aromatic rings. The van der Waals surface area contributed by atoms with Crippen LogP contribution in [0.4, 0.5) is 10.1 Å². The Morgan fingerprint density at radius 2 is 1.73 bits per heavy atom. The van der Waals surface area contributed by atoms with Crippen molar-refractivity contribution in [3.63, 3.8) is 0 Å². The molecule has 0 unspecified atom stereocenters. The van der Waals surface area contributed by atoms with Crippen molar-refractivity contribution in [3.05, 3.63) is 94.8 Å². The van der Waals surface area contributed by atoms with Crippen molar-refractivity contribution in [3.8, 4) is 0 Å². The zero-order valence-corrected chi connectivity index (χ0v) is 17.2. The first-order chi connectivity index (χ1) is 14.3. The zero-order valence-electron chi connectivity index (χ0n) is 16.4. The average molecular weight is 424 g/mol. The quantitative estimate of drug-likeness (QED) is 0.685. The van der Waals surface area contributed by atoms with Gasteiger partial charge in [-0.25, -0.2) is 12.8 Å². The minimum atomic E-state index is -3.61. The lowest BCUT2D eigenvalue weighted by molar-refractivity contribution is 0.102. The lowest BCUT2D eigenvalue weighted by atomic mass is 10.0. The maximum absolute atomic E-state index is 13.9. The van der Waals surface area contributed by atoms with E-state index in [1.165, 1.54) is 22.5 Å². The van der Waals surface area contributed by atoms with Gasteiger partial charge in [0.2, 0.25) is 10.0 Å². The molecule has 0 aromatic heterocycles. The van der Waals surface area contributed by atoms with Crippen LogP contribution in [0.25, 0.3) is 0 Å². The van der Waals surface area contributed by atoms with Gasteiger partial charge in [0.15, 0.2) is 0 Å². The highest BCUT2D eigenvalue weighted by molar-refractivity contribution is 7.89. The van der Waals surface area contributed by atoms with Gasteiger partial charge in [-0.3, -0.25) is 4.79 Å². The molecule has 4 rings (SSSR count). The van der Waals surface area contributed by atoms with Crippen LogP contribution in [0.3, 0.4) is 0 Å². The van der Waals surface area contributed by atoms with Gasteiger partial charge in [0.05, 0.1) is 10.5 Å². The predicted octanol–water partition coefficient (Wildman–Crippen LogP) is 4.13. The standard InChI is InChI=1S/C23H21FN2O3S/c1-16-6-10-20(11-7-16)30(28,29)26-13-12-17-8-9-19(14-18(17)15-26)25-23(27)21-4-2-3-5-22(21)24/h2-11,14H,12-13,15H2,1H3,(H,25,27). The molecular formula is C23H21FN2O3S. The van der Waals surface area contributed by atoms with E-state index < -0.39 is 21.7 Å². The molecular weight excluding hydrogens is 403 g/mol. The molecule has 0 bridgehead atoms. The summed E-state index contributed by atoms with van der Waals surface area (Å²) >= 11 is 0. The first-order valence-corrected chi connectivity index (χ1v) is 11.0. The largest absolute Gasteiger partial charge is 0.322 e. The molecule has 5 nitrogen and oxygen atoms in total. The maximum Gasteiger partial charge on any atom is 0.258 e. The van der Waals surface area contributed by atoms with Gasteiger partial charge in [0.25, 0.3) is 5.91 Å². The SMILES string of the molecule is Cc1ccc(S(=O)(=O)N2CCc3ccc(NC(=O)c4ccccc4F)cc3C2)cc1. The number of fused-ring (bicyclic) bond motifs is 1. The molecule has 0 atom stereocenters. The molecule has 0 spiro atoms. The second-order valence-electron chi connectivity index (χ2n) is 7.32. The third-order valence-electron chi connectivity index (χ3n) is 5.22. The molecule has 30 heavy (non-hydrogen) atoms. The van der Waals surface area contributed by atoms with Crippen molar-refractivity contribution in [1.82, 2.24) is 4.31 Å². The molecule has 0 radical (unpaired) electrons. The molecule has 1 aliphatic rings. The van der Waals surface area contributed by atoms with Crippen LogP contribution in [0.15, 0.2) is 71.6 Å². The van der Waals surface area contributed by atoms with Crippen molar-refractivity contribution < 1.29 is 17.6 Å². The average Bonchev–Trinajstić information content (AvgIpc) is 2.73. The number of aryl methyl sites for hydroxylation is 1. The highest BCUT2D eigenvalue weighted by atomic mass is 32.2. The van der Waals surface area contributed by atoms with Crippen LogP contribution in [-0.4, -0.2) is 25.2 Å². The summed E-state index contributed by atoms with van der Waals surface area (Å²) in [6.45, 7) is 2.52. The minimum Gasteiger partial charge on any atom is -0.322 e. The van der Waals surface area contributed by atoms with Crippen LogP contribution in [0.2, 0.25) is 0 Å². The lowest BCUT2D eigenvalue weighted by Gasteiger charge is -2.28. The van der Waals surface area contributed by atoms with Crippen LogP contribution in [0.5, 0.6) is 0 Å². The van der Waals surface area contributed by atoms with E-state index >= 15 is 0 Å². The van der Waals surface area contributed by atoms with Crippen LogP contribution >= 0.6 is 0 Å². The number of rotatable bonds is 4. The Bertz CT molecular complexity index is 1210. The van der Waals surface area contributed by atoms with E-state index in [1.807, 2.05) is 13.0 Å². The van der Waals surface area contributed by atoms with E-state index in [1.54, 1.807) is 42.5 Å². The second-order valence-corrected chi connectivity index (χ2v) is 9.26. The molecule has 1 aliphatic heterocycles. The predicted molar refractivity (Wildman–Crippen MR) is 113 cm³/mol. The Morgan fingerprint density at radius 3 is 2.47 bits per heavy atom. The monoisotopic (exact) mass is 424 g/mol. The first-order valence-electron chi connectivity index (χ1n) is 9.59. The van der Waals surface area contributed by atoms with Crippen molar-refractivity contribution in [2.75, 3.05) is 11.9 Å². The Labute approximate surface area is 175 Å². The van der Waals surface area contributed by atoms with Gasteiger partial charge >= 0.3 is 0 Å². The number of anilines is 1. The maximum atomic E-state index is 13.9. The molecule has 7 heteroatoms. The normalized spacial score (nSPS) is 14.2. The minimum absolute atomic E-state index is 0.0428. The van der Waals surface area contributed by atoms with Crippen LogP contribution in [0, 0.1) is 12.7 Å². The van der Waals surface area contributed by atoms with Gasteiger partial charge in [0.1, 0.15) is 5.82 Å². The molecule has 0 saturated carbocycles. The molecule has 0 aliphatic carbocycles. The van der Waals surface area contributed by atoms with Gasteiger partial charge in [-0.2, -0.15) is 4.31 Å². The van der Waals surface area contributed by atoms with Crippen LogP contribution in [-0.2, 0) is 23.0 Å². The summed E-state index contributed by atoms with van der Waals surface area (Å²) in [6, 6.07) is 17.9. The third-order valence-corrected chi connectivity index (χ3v) is 7.08. The zero-order chi connectivity index (χ0) is 21.3. The van der Waals surface area contributed by atoms with Crippen molar-refractivity contribution in [1.29, 1.82) is 0 Å². The number of halogens is 1. The molecule has 0 saturated heterocycles. The molecule has 3 aromatic carbocycles. The Hall–Kier alpha value is -3.03. The lowest BCUT2D eigenvalue weighted by Crippen LogP contribution is -2.36. The van der Waals surface area contributed by atoms with E-state index in [9.17, 15) is 17.6 Å². The first kappa shape index (κ1) is 20.3. The highest BCUT2D eigenvalue weighted by Gasteiger charge is 2.28. The van der Waals surface area contributed by atoms with Crippen LogP contribution < -0.4 is 5.32 Å². The molecule has 1 amide bonds. The van der Waals surface area contributed by atoms with E-state index in [2.05, 4.69) is 5.32 Å². The third kappa shape index (κ3) is 3.99. The number of benzene rings is 3.